The zero-order valence-electron chi connectivity index (χ0n) is 6.03. The average molecular weight is 165 g/mol. The highest BCUT2D eigenvalue weighted by Crippen LogP contribution is 2.12. The molecule has 0 saturated carbocycles. The summed E-state index contributed by atoms with van der Waals surface area (Å²) >= 11 is -0.0712. The molecule has 1 aromatic rings. The van der Waals surface area contributed by atoms with E-state index in [-0.39, 0.29) is 11.3 Å². The fourth-order valence-corrected chi connectivity index (χ4v) is 2.19. The highest BCUT2D eigenvalue weighted by atomic mass is 32.2. The van der Waals surface area contributed by atoms with Crippen LogP contribution in [0.5, 0.6) is 0 Å². The van der Waals surface area contributed by atoms with E-state index in [9.17, 15) is 0 Å². The Morgan fingerprint density at radius 1 is 1.27 bits per heavy atom. The van der Waals surface area contributed by atoms with Gasteiger partial charge in [-0.25, -0.2) is 0 Å². The predicted molar refractivity (Wildman–Crippen MR) is 48.6 cm³/mol. The summed E-state index contributed by atoms with van der Waals surface area (Å²) in [6.45, 7) is 0.901. The van der Waals surface area contributed by atoms with E-state index in [4.69, 9.17) is 0 Å². The standard InChI is InChI=1S/C8H8N2S/c1-2-4-8(5-3-1)11-9-6-7-10-11/h1-6H,7H2/p+1. The summed E-state index contributed by atoms with van der Waals surface area (Å²) in [5.41, 5.74) is 0. The first-order valence-electron chi connectivity index (χ1n) is 3.52. The van der Waals surface area contributed by atoms with Crippen molar-refractivity contribution in [3.63, 3.8) is 0 Å². The normalized spacial score (nSPS) is 22.4. The minimum Gasteiger partial charge on any atom is -0.102 e. The molecule has 0 radical (unpaired) electrons. The van der Waals surface area contributed by atoms with Gasteiger partial charge >= 0.3 is 0 Å². The summed E-state index contributed by atoms with van der Waals surface area (Å²) in [6, 6.07) is 10.3. The Kier molecular flexibility index (Phi) is 1.92. The molecule has 1 aliphatic heterocycles. The van der Waals surface area contributed by atoms with Gasteiger partial charge in [0.25, 0.3) is 11.3 Å². The van der Waals surface area contributed by atoms with Crippen LogP contribution < -0.4 is 4.72 Å². The fourth-order valence-electron chi connectivity index (χ4n) is 0.959. The molecule has 1 N–H and O–H groups in total. The van der Waals surface area contributed by atoms with Crippen molar-refractivity contribution in [2.45, 2.75) is 4.90 Å². The van der Waals surface area contributed by atoms with Gasteiger partial charge in [-0.1, -0.05) is 18.2 Å². The molecule has 0 fully saturated rings. The lowest BCUT2D eigenvalue weighted by atomic mass is 10.4. The van der Waals surface area contributed by atoms with Crippen LogP contribution in [0.1, 0.15) is 0 Å². The molecule has 1 unspecified atom stereocenters. The summed E-state index contributed by atoms with van der Waals surface area (Å²) < 4.78 is 7.58. The van der Waals surface area contributed by atoms with Gasteiger partial charge in [0.1, 0.15) is 0 Å². The molecule has 2 nitrogen and oxygen atoms in total. The molecule has 1 aromatic carbocycles. The van der Waals surface area contributed by atoms with Gasteiger partial charge in [0.05, 0.1) is 12.8 Å². The molecule has 11 heavy (non-hydrogen) atoms. The zero-order chi connectivity index (χ0) is 7.52. The molecule has 0 amide bonds. The molecule has 0 spiro atoms. The lowest BCUT2D eigenvalue weighted by Crippen LogP contribution is -2.16. The van der Waals surface area contributed by atoms with E-state index >= 15 is 0 Å². The predicted octanol–water partition coefficient (Wildman–Crippen LogP) is 1.17. The third kappa shape index (κ3) is 1.44. The van der Waals surface area contributed by atoms with Gasteiger partial charge in [0, 0.05) is 0 Å². The second-order valence-corrected chi connectivity index (χ2v) is 3.77. The molecule has 0 saturated heterocycles. The summed E-state index contributed by atoms with van der Waals surface area (Å²) in [6.07, 6.45) is 1.93. The number of nitrogens with one attached hydrogen (secondary N) is 1. The van der Waals surface area contributed by atoms with Crippen LogP contribution in [0.25, 0.3) is 0 Å². The van der Waals surface area contributed by atoms with Crippen molar-refractivity contribution in [2.75, 3.05) is 6.54 Å². The maximum atomic E-state index is 4.30. The van der Waals surface area contributed by atoms with E-state index in [2.05, 4.69) is 21.3 Å². The van der Waals surface area contributed by atoms with Gasteiger partial charge < -0.3 is 0 Å². The lowest BCUT2D eigenvalue weighted by molar-refractivity contribution is 1.19. The maximum absolute atomic E-state index is 4.30. The van der Waals surface area contributed by atoms with E-state index in [1.54, 1.807) is 0 Å². The summed E-state index contributed by atoms with van der Waals surface area (Å²) in [7, 11) is 0. The van der Waals surface area contributed by atoms with E-state index in [0.717, 1.165) is 6.54 Å². The topological polar surface area (TPSA) is 24.4 Å². The van der Waals surface area contributed by atoms with Crippen LogP contribution in [-0.2, 0) is 11.3 Å². The SMILES string of the molecule is C1=N[S+](c2ccccc2)NC1. The molecule has 1 heterocycles. The van der Waals surface area contributed by atoms with Crippen molar-refractivity contribution in [3.8, 4) is 0 Å². The van der Waals surface area contributed by atoms with Gasteiger partial charge in [-0.2, -0.15) is 0 Å². The van der Waals surface area contributed by atoms with Crippen LogP contribution in [0.2, 0.25) is 0 Å². The van der Waals surface area contributed by atoms with Gasteiger partial charge in [0.15, 0.2) is 0 Å². The molecular weight excluding hydrogens is 156 g/mol. The van der Waals surface area contributed by atoms with Crippen LogP contribution in [0.3, 0.4) is 0 Å². The largest absolute Gasteiger partial charge is 0.255 e. The number of rotatable bonds is 1. The van der Waals surface area contributed by atoms with Crippen LogP contribution in [-0.4, -0.2) is 12.8 Å². The first-order chi connectivity index (χ1) is 5.47. The number of benzene rings is 1. The Hall–Kier alpha value is -0.800. The van der Waals surface area contributed by atoms with Crippen LogP contribution in [0.4, 0.5) is 0 Å². The molecule has 0 aromatic heterocycles. The van der Waals surface area contributed by atoms with Crippen molar-refractivity contribution >= 4 is 17.5 Å². The van der Waals surface area contributed by atoms with E-state index < -0.39 is 0 Å². The van der Waals surface area contributed by atoms with Gasteiger partial charge in [-0.15, -0.1) is 4.72 Å². The number of hydrogen-bond donors (Lipinski definition) is 1. The lowest BCUT2D eigenvalue weighted by Gasteiger charge is -1.92. The Morgan fingerprint density at radius 3 is 2.73 bits per heavy atom. The third-order valence-corrected chi connectivity index (χ3v) is 2.98. The smallest absolute Gasteiger partial charge is 0.102 e. The molecule has 1 atom stereocenters. The van der Waals surface area contributed by atoms with Crippen molar-refractivity contribution in [1.82, 2.24) is 4.72 Å². The minimum atomic E-state index is -0.0712. The fraction of sp³-hybridized carbons (Fsp3) is 0.125. The molecule has 3 heteroatoms. The highest BCUT2D eigenvalue weighted by molar-refractivity contribution is 7.94. The number of nitrogens with zero attached hydrogens (tertiary/aromatic N) is 1. The first-order valence-corrected chi connectivity index (χ1v) is 4.70. The van der Waals surface area contributed by atoms with Crippen molar-refractivity contribution in [2.24, 2.45) is 4.40 Å². The summed E-state index contributed by atoms with van der Waals surface area (Å²) in [4.78, 5) is 1.27. The monoisotopic (exact) mass is 165 g/mol. The molecule has 1 aliphatic rings. The van der Waals surface area contributed by atoms with Crippen LogP contribution in [0, 0.1) is 0 Å². The molecule has 56 valence electrons. The highest BCUT2D eigenvalue weighted by Gasteiger charge is 2.24. The van der Waals surface area contributed by atoms with Gasteiger partial charge in [0.2, 0.25) is 4.90 Å². The molecular formula is C8H9N2S+. The Bertz CT molecular complexity index is 258. The first kappa shape index (κ1) is 6.88. The third-order valence-electron chi connectivity index (χ3n) is 1.46. The Labute approximate surface area is 69.0 Å². The van der Waals surface area contributed by atoms with Crippen LogP contribution in [0.15, 0.2) is 39.6 Å². The van der Waals surface area contributed by atoms with Gasteiger partial charge in [-0.05, 0) is 16.5 Å². The Balaban J connectivity index is 2.23. The van der Waals surface area contributed by atoms with E-state index in [1.807, 2.05) is 24.4 Å². The minimum absolute atomic E-state index is 0.0712. The van der Waals surface area contributed by atoms with Crippen molar-refractivity contribution in [1.29, 1.82) is 0 Å². The van der Waals surface area contributed by atoms with Crippen molar-refractivity contribution in [3.05, 3.63) is 30.3 Å². The molecule has 2 rings (SSSR count). The van der Waals surface area contributed by atoms with Crippen LogP contribution >= 0.6 is 0 Å². The molecule has 0 bridgehead atoms. The quantitative estimate of drug-likeness (QED) is 0.621. The van der Waals surface area contributed by atoms with Crippen molar-refractivity contribution < 1.29 is 0 Å². The average Bonchev–Trinajstić information content (AvgIpc) is 2.58. The second kappa shape index (κ2) is 3.07. The van der Waals surface area contributed by atoms with E-state index in [0.29, 0.717) is 0 Å². The second-order valence-electron chi connectivity index (χ2n) is 2.23. The van der Waals surface area contributed by atoms with E-state index in [1.165, 1.54) is 4.90 Å². The number of hydrogen-bond acceptors (Lipinski definition) is 2. The summed E-state index contributed by atoms with van der Waals surface area (Å²) in [5, 5.41) is 0. The zero-order valence-corrected chi connectivity index (χ0v) is 6.84. The maximum Gasteiger partial charge on any atom is 0.255 e. The summed E-state index contributed by atoms with van der Waals surface area (Å²) in [5.74, 6) is 0. The molecule has 0 aliphatic carbocycles. The Morgan fingerprint density at radius 2 is 2.09 bits per heavy atom. The van der Waals surface area contributed by atoms with Gasteiger partial charge in [-0.3, -0.25) is 0 Å².